The highest BCUT2D eigenvalue weighted by atomic mass is 35.5. The lowest BCUT2D eigenvalue weighted by Crippen LogP contribution is -2.45. The van der Waals surface area contributed by atoms with Gasteiger partial charge in [-0.25, -0.2) is 0 Å². The van der Waals surface area contributed by atoms with E-state index in [2.05, 4.69) is 34.5 Å². The first-order valence-electron chi connectivity index (χ1n) is 6.94. The molecule has 1 N–H and O–H groups in total. The lowest BCUT2D eigenvalue weighted by Gasteiger charge is -2.33. The molecule has 1 fully saturated rings. The van der Waals surface area contributed by atoms with Crippen LogP contribution in [0.25, 0.3) is 0 Å². The van der Waals surface area contributed by atoms with Crippen LogP contribution in [0.2, 0.25) is 0 Å². The highest BCUT2D eigenvalue weighted by Gasteiger charge is 2.20. The summed E-state index contributed by atoms with van der Waals surface area (Å²) in [6, 6.07) is 9.63. The fraction of sp³-hybridized carbons (Fsp3) is 0.600. The molecule has 1 unspecified atom stereocenters. The van der Waals surface area contributed by atoms with Gasteiger partial charge in [0.1, 0.15) is 0 Å². The molecule has 1 aromatic carbocycles. The summed E-state index contributed by atoms with van der Waals surface area (Å²) in [7, 11) is 0. The Morgan fingerprint density at radius 2 is 1.89 bits per heavy atom. The molecule has 2 heterocycles. The number of benzene rings is 1. The van der Waals surface area contributed by atoms with Crippen molar-refractivity contribution in [2.24, 2.45) is 0 Å². The molecule has 1 aromatic rings. The Balaban J connectivity index is 0.000000902. The summed E-state index contributed by atoms with van der Waals surface area (Å²) in [6.45, 7) is 4.83. The van der Waals surface area contributed by atoms with Gasteiger partial charge in [0.2, 0.25) is 0 Å². The van der Waals surface area contributed by atoms with Crippen molar-refractivity contribution in [1.82, 2.24) is 10.2 Å². The van der Waals surface area contributed by atoms with E-state index in [0.29, 0.717) is 0 Å². The van der Waals surface area contributed by atoms with Gasteiger partial charge in [0.15, 0.2) is 0 Å². The van der Waals surface area contributed by atoms with Gasteiger partial charge in [-0.05, 0) is 36.9 Å². The van der Waals surface area contributed by atoms with E-state index in [1.807, 2.05) is 0 Å². The number of fused-ring (bicyclic) bond motifs is 1. The van der Waals surface area contributed by atoms with Crippen molar-refractivity contribution in [3.63, 3.8) is 0 Å². The summed E-state index contributed by atoms with van der Waals surface area (Å²) in [4.78, 5) is 2.62. The van der Waals surface area contributed by atoms with Crippen molar-refractivity contribution in [2.75, 3.05) is 19.6 Å². The van der Waals surface area contributed by atoms with E-state index in [4.69, 9.17) is 0 Å². The van der Waals surface area contributed by atoms with Crippen LogP contribution in [0.1, 0.15) is 30.4 Å². The van der Waals surface area contributed by atoms with Crippen LogP contribution in [0.5, 0.6) is 0 Å². The Labute approximate surface area is 128 Å². The summed E-state index contributed by atoms with van der Waals surface area (Å²) in [5.41, 5.74) is 3.09. The largest absolute Gasteiger partial charge is 0.313 e. The summed E-state index contributed by atoms with van der Waals surface area (Å²) >= 11 is 0. The van der Waals surface area contributed by atoms with Crippen molar-refractivity contribution in [3.05, 3.63) is 35.4 Å². The van der Waals surface area contributed by atoms with Crippen LogP contribution in [0, 0.1) is 0 Å². The topological polar surface area (TPSA) is 15.3 Å². The molecule has 0 spiro atoms. The predicted octanol–water partition coefficient (Wildman–Crippen LogP) is 3.03. The molecule has 19 heavy (non-hydrogen) atoms. The smallest absolute Gasteiger partial charge is 0.0237 e. The average molecular weight is 303 g/mol. The average Bonchev–Trinajstić information content (AvgIpc) is 2.40. The third kappa shape index (κ3) is 4.35. The fourth-order valence-corrected chi connectivity index (χ4v) is 3.10. The van der Waals surface area contributed by atoms with Crippen molar-refractivity contribution >= 4 is 24.8 Å². The number of hydrogen-bond donors (Lipinski definition) is 1. The van der Waals surface area contributed by atoms with E-state index < -0.39 is 0 Å². The number of rotatable bonds is 2. The molecule has 2 aliphatic heterocycles. The fourth-order valence-electron chi connectivity index (χ4n) is 3.10. The molecule has 0 saturated carbocycles. The van der Waals surface area contributed by atoms with Crippen LogP contribution < -0.4 is 5.32 Å². The highest BCUT2D eigenvalue weighted by Crippen LogP contribution is 2.19. The quantitative estimate of drug-likeness (QED) is 0.903. The summed E-state index contributed by atoms with van der Waals surface area (Å²) < 4.78 is 0. The van der Waals surface area contributed by atoms with Crippen molar-refractivity contribution < 1.29 is 0 Å². The van der Waals surface area contributed by atoms with E-state index in [0.717, 1.165) is 12.6 Å². The molecule has 0 aliphatic carbocycles. The lowest BCUT2D eigenvalue weighted by atomic mass is 9.98. The number of halogens is 2. The highest BCUT2D eigenvalue weighted by molar-refractivity contribution is 5.85. The van der Waals surface area contributed by atoms with E-state index in [9.17, 15) is 0 Å². The number of piperidine rings is 1. The standard InChI is InChI=1S/C15H22N2.2ClH/c1-2-6-14-11-17(10-8-13(14)5-1)12-15-7-3-4-9-16-15;;/h1-2,5-6,15-16H,3-4,7-12H2;2*1H. The predicted molar refractivity (Wildman–Crippen MR) is 85.6 cm³/mol. The SMILES string of the molecule is Cl.Cl.c1ccc2c(c1)CCN(CC1CCCCN1)C2. The molecular formula is C15H24Cl2N2. The normalized spacial score (nSPS) is 22.8. The molecular weight excluding hydrogens is 279 g/mol. The van der Waals surface area contributed by atoms with Gasteiger partial charge in [-0.1, -0.05) is 30.7 Å². The van der Waals surface area contributed by atoms with E-state index in [1.54, 1.807) is 5.56 Å². The second kappa shape index (κ2) is 8.11. The molecule has 4 heteroatoms. The first-order chi connectivity index (χ1) is 8.42. The molecule has 0 bridgehead atoms. The third-order valence-corrected chi connectivity index (χ3v) is 4.10. The second-order valence-electron chi connectivity index (χ2n) is 5.40. The van der Waals surface area contributed by atoms with Crippen molar-refractivity contribution in [3.8, 4) is 0 Å². The molecule has 1 atom stereocenters. The lowest BCUT2D eigenvalue weighted by molar-refractivity contribution is 0.209. The molecule has 2 nitrogen and oxygen atoms in total. The summed E-state index contributed by atoms with van der Waals surface area (Å²) in [5, 5.41) is 3.65. The Hall–Kier alpha value is -0.280. The zero-order valence-electron chi connectivity index (χ0n) is 11.3. The maximum absolute atomic E-state index is 3.65. The van der Waals surface area contributed by atoms with E-state index in [1.165, 1.54) is 50.9 Å². The Morgan fingerprint density at radius 3 is 2.63 bits per heavy atom. The number of nitrogens with one attached hydrogen (secondary N) is 1. The van der Waals surface area contributed by atoms with Crippen LogP contribution in [0.15, 0.2) is 24.3 Å². The van der Waals surface area contributed by atoms with Gasteiger partial charge in [-0.3, -0.25) is 4.90 Å². The molecule has 1 saturated heterocycles. The van der Waals surface area contributed by atoms with Crippen molar-refractivity contribution in [2.45, 2.75) is 38.3 Å². The zero-order valence-corrected chi connectivity index (χ0v) is 12.9. The number of nitrogens with zero attached hydrogens (tertiary/aromatic N) is 1. The molecule has 108 valence electrons. The maximum atomic E-state index is 3.65. The minimum atomic E-state index is 0. The molecule has 0 radical (unpaired) electrons. The van der Waals surface area contributed by atoms with Gasteiger partial charge in [-0.2, -0.15) is 0 Å². The second-order valence-corrected chi connectivity index (χ2v) is 5.40. The van der Waals surface area contributed by atoms with E-state index >= 15 is 0 Å². The molecule has 0 amide bonds. The van der Waals surface area contributed by atoms with Gasteiger partial charge in [0, 0.05) is 25.7 Å². The summed E-state index contributed by atoms with van der Waals surface area (Å²) in [6.07, 6.45) is 5.35. The first kappa shape index (κ1) is 16.8. The summed E-state index contributed by atoms with van der Waals surface area (Å²) in [5.74, 6) is 0. The third-order valence-electron chi connectivity index (χ3n) is 4.10. The van der Waals surface area contributed by atoms with Crippen LogP contribution in [0.4, 0.5) is 0 Å². The zero-order chi connectivity index (χ0) is 11.5. The van der Waals surface area contributed by atoms with Gasteiger partial charge in [0.05, 0.1) is 0 Å². The first-order valence-corrected chi connectivity index (χ1v) is 6.94. The maximum Gasteiger partial charge on any atom is 0.0237 e. The van der Waals surface area contributed by atoms with Crippen LogP contribution in [-0.2, 0) is 13.0 Å². The van der Waals surface area contributed by atoms with Gasteiger partial charge in [0.25, 0.3) is 0 Å². The minimum Gasteiger partial charge on any atom is -0.313 e. The van der Waals surface area contributed by atoms with Crippen LogP contribution in [0.3, 0.4) is 0 Å². The molecule has 0 aromatic heterocycles. The Morgan fingerprint density at radius 1 is 1.11 bits per heavy atom. The van der Waals surface area contributed by atoms with Crippen LogP contribution in [-0.4, -0.2) is 30.6 Å². The minimum absolute atomic E-state index is 0. The van der Waals surface area contributed by atoms with Gasteiger partial charge >= 0.3 is 0 Å². The molecule has 3 rings (SSSR count). The Bertz CT molecular complexity index is 378. The van der Waals surface area contributed by atoms with Crippen LogP contribution >= 0.6 is 24.8 Å². The number of hydrogen-bond acceptors (Lipinski definition) is 2. The Kier molecular flexibility index (Phi) is 7.16. The molecule has 2 aliphatic rings. The van der Waals surface area contributed by atoms with Gasteiger partial charge < -0.3 is 5.32 Å². The monoisotopic (exact) mass is 302 g/mol. The van der Waals surface area contributed by atoms with Crippen molar-refractivity contribution in [1.29, 1.82) is 0 Å². The van der Waals surface area contributed by atoms with Gasteiger partial charge in [-0.15, -0.1) is 24.8 Å². The van der Waals surface area contributed by atoms with E-state index in [-0.39, 0.29) is 24.8 Å².